The van der Waals surface area contributed by atoms with Crippen LogP contribution in [-0.4, -0.2) is 25.8 Å². The van der Waals surface area contributed by atoms with Gasteiger partial charge in [0.2, 0.25) is 0 Å². The Bertz CT molecular complexity index is 833. The minimum absolute atomic E-state index is 0.271. The second kappa shape index (κ2) is 6.80. The van der Waals surface area contributed by atoms with Gasteiger partial charge in [-0.15, -0.1) is 0 Å². The summed E-state index contributed by atoms with van der Waals surface area (Å²) in [7, 11) is 0. The quantitative estimate of drug-likeness (QED) is 0.665. The second-order valence-electron chi connectivity index (χ2n) is 6.34. The van der Waals surface area contributed by atoms with Gasteiger partial charge in [0.1, 0.15) is 5.82 Å². The number of H-pyrrole nitrogens is 1. The molecule has 0 saturated heterocycles. The number of hydrogen-bond acceptors (Lipinski definition) is 3. The van der Waals surface area contributed by atoms with E-state index in [2.05, 4.69) is 25.8 Å². The van der Waals surface area contributed by atoms with E-state index >= 15 is 0 Å². The fourth-order valence-corrected chi connectivity index (χ4v) is 2.98. The van der Waals surface area contributed by atoms with Crippen molar-refractivity contribution >= 4 is 17.5 Å². The molecule has 0 atom stereocenters. The molecule has 7 nitrogen and oxygen atoms in total. The summed E-state index contributed by atoms with van der Waals surface area (Å²) in [5, 5.41) is 12.6. The largest absolute Gasteiger partial charge is 0.333 e. The molecule has 128 valence electrons. The number of hydrogen-bond donors (Lipinski definition) is 3. The number of imidazole rings is 1. The zero-order valence-electron chi connectivity index (χ0n) is 13.8. The highest BCUT2D eigenvalue weighted by Crippen LogP contribution is 2.38. The molecule has 4 rings (SSSR count). The Hall–Kier alpha value is -3.09. The molecule has 0 spiro atoms. The average Bonchev–Trinajstić information content (AvgIpc) is 3.21. The summed E-state index contributed by atoms with van der Waals surface area (Å²) in [5.74, 6) is 1.20. The first-order chi connectivity index (χ1) is 12.3. The van der Waals surface area contributed by atoms with Gasteiger partial charge in [-0.1, -0.05) is 18.6 Å². The number of amides is 2. The van der Waals surface area contributed by atoms with Gasteiger partial charge in [0.15, 0.2) is 0 Å². The van der Waals surface area contributed by atoms with Crippen LogP contribution in [0.2, 0.25) is 0 Å². The molecule has 2 aromatic heterocycles. The maximum atomic E-state index is 12.2. The molecule has 2 amide bonds. The normalized spacial score (nSPS) is 14.1. The summed E-state index contributed by atoms with van der Waals surface area (Å²) < 4.78 is 2.00. The molecule has 1 aliphatic carbocycles. The number of urea groups is 1. The van der Waals surface area contributed by atoms with Crippen LogP contribution in [0.25, 0.3) is 0 Å². The number of aromatic nitrogens is 4. The molecule has 3 aromatic rings. The molecule has 0 radical (unpaired) electrons. The highest BCUT2D eigenvalue weighted by Gasteiger charge is 2.24. The van der Waals surface area contributed by atoms with Crippen molar-refractivity contribution in [1.82, 2.24) is 19.7 Å². The fraction of sp³-hybridized carbons (Fsp3) is 0.278. The Balaban J connectivity index is 1.35. The lowest BCUT2D eigenvalue weighted by atomic mass is 9.81. The topological polar surface area (TPSA) is 87.6 Å². The maximum Gasteiger partial charge on any atom is 0.324 e. The van der Waals surface area contributed by atoms with Crippen molar-refractivity contribution in [3.63, 3.8) is 0 Å². The molecule has 0 unspecified atom stereocenters. The first-order valence-corrected chi connectivity index (χ1v) is 8.44. The minimum Gasteiger partial charge on any atom is -0.333 e. The Kier molecular flexibility index (Phi) is 4.20. The fourth-order valence-electron chi connectivity index (χ4n) is 2.98. The van der Waals surface area contributed by atoms with E-state index in [4.69, 9.17) is 0 Å². The number of rotatable bonds is 5. The lowest BCUT2D eigenvalue weighted by Crippen LogP contribution is -2.21. The molecule has 7 heteroatoms. The van der Waals surface area contributed by atoms with Gasteiger partial charge in [-0.05, 0) is 36.5 Å². The molecule has 2 heterocycles. The number of carbonyl (C=O) groups is 1. The zero-order valence-corrected chi connectivity index (χ0v) is 13.8. The van der Waals surface area contributed by atoms with Gasteiger partial charge in [0, 0.05) is 30.2 Å². The third-order valence-corrected chi connectivity index (χ3v) is 4.59. The second-order valence-corrected chi connectivity index (χ2v) is 6.34. The standard InChI is InChI=1S/C18H20N6O/c25-18(22-17-16(10-20-23-17)14-2-1-3-14)21-15-6-4-13(5-7-15)11-24-9-8-19-12-24/h4-10,12,14H,1-3,11H2,(H3,20,21,22,23,25). The molecule has 1 saturated carbocycles. The molecule has 0 bridgehead atoms. The van der Waals surface area contributed by atoms with Gasteiger partial charge in [0.05, 0.1) is 12.5 Å². The molecule has 3 N–H and O–H groups in total. The van der Waals surface area contributed by atoms with E-state index in [0.29, 0.717) is 11.7 Å². The van der Waals surface area contributed by atoms with Crippen molar-refractivity contribution in [3.8, 4) is 0 Å². The van der Waals surface area contributed by atoms with E-state index in [1.165, 1.54) is 6.42 Å². The van der Waals surface area contributed by atoms with Crippen LogP contribution >= 0.6 is 0 Å². The lowest BCUT2D eigenvalue weighted by molar-refractivity contribution is 0.262. The first kappa shape index (κ1) is 15.4. The van der Waals surface area contributed by atoms with E-state index in [0.717, 1.165) is 36.2 Å². The SMILES string of the molecule is O=C(Nc1ccc(Cn2ccnc2)cc1)Nc1[nH]ncc1C1CCC1. The molecular weight excluding hydrogens is 316 g/mol. The third-order valence-electron chi connectivity index (χ3n) is 4.59. The van der Waals surface area contributed by atoms with Crippen molar-refractivity contribution in [2.75, 3.05) is 10.6 Å². The molecule has 1 aromatic carbocycles. The number of nitrogens with one attached hydrogen (secondary N) is 3. The monoisotopic (exact) mass is 336 g/mol. The number of aromatic amines is 1. The van der Waals surface area contributed by atoms with Crippen LogP contribution in [0.1, 0.15) is 36.3 Å². The third kappa shape index (κ3) is 3.55. The minimum atomic E-state index is -0.271. The van der Waals surface area contributed by atoms with E-state index in [-0.39, 0.29) is 6.03 Å². The first-order valence-electron chi connectivity index (χ1n) is 8.44. The smallest absolute Gasteiger partial charge is 0.324 e. The lowest BCUT2D eigenvalue weighted by Gasteiger charge is -2.25. The van der Waals surface area contributed by atoms with Crippen LogP contribution in [0, 0.1) is 0 Å². The average molecular weight is 336 g/mol. The van der Waals surface area contributed by atoms with Gasteiger partial charge in [-0.2, -0.15) is 5.10 Å². The number of benzene rings is 1. The number of carbonyl (C=O) groups excluding carboxylic acids is 1. The summed E-state index contributed by atoms with van der Waals surface area (Å²) >= 11 is 0. The van der Waals surface area contributed by atoms with Crippen LogP contribution in [0.5, 0.6) is 0 Å². The van der Waals surface area contributed by atoms with Crippen molar-refractivity contribution in [3.05, 3.63) is 60.3 Å². The Morgan fingerprint density at radius 2 is 2.08 bits per heavy atom. The Morgan fingerprint density at radius 3 is 2.76 bits per heavy atom. The summed E-state index contributed by atoms with van der Waals surface area (Å²) in [6, 6.07) is 7.50. The molecule has 1 aliphatic rings. The van der Waals surface area contributed by atoms with Crippen molar-refractivity contribution in [1.29, 1.82) is 0 Å². The summed E-state index contributed by atoms with van der Waals surface area (Å²) in [6.07, 6.45) is 10.8. The highest BCUT2D eigenvalue weighted by atomic mass is 16.2. The van der Waals surface area contributed by atoms with Gasteiger partial charge in [-0.25, -0.2) is 9.78 Å². The Morgan fingerprint density at radius 1 is 1.24 bits per heavy atom. The van der Waals surface area contributed by atoms with Gasteiger partial charge >= 0.3 is 6.03 Å². The van der Waals surface area contributed by atoms with E-state index in [9.17, 15) is 4.79 Å². The zero-order chi connectivity index (χ0) is 17.1. The predicted octanol–water partition coefficient (Wildman–Crippen LogP) is 3.57. The highest BCUT2D eigenvalue weighted by molar-refractivity contribution is 5.99. The summed E-state index contributed by atoms with van der Waals surface area (Å²) in [5.41, 5.74) is 2.98. The maximum absolute atomic E-state index is 12.2. The number of nitrogens with zero attached hydrogens (tertiary/aromatic N) is 3. The van der Waals surface area contributed by atoms with E-state index in [1.54, 1.807) is 12.5 Å². The van der Waals surface area contributed by atoms with Crippen LogP contribution in [0.4, 0.5) is 16.3 Å². The van der Waals surface area contributed by atoms with Gasteiger partial charge < -0.3 is 9.88 Å². The van der Waals surface area contributed by atoms with Crippen LogP contribution in [0.15, 0.2) is 49.2 Å². The van der Waals surface area contributed by atoms with Crippen LogP contribution < -0.4 is 10.6 Å². The molecule has 1 fully saturated rings. The Labute approximate surface area is 145 Å². The molecule has 0 aliphatic heterocycles. The van der Waals surface area contributed by atoms with Gasteiger partial charge in [0.25, 0.3) is 0 Å². The van der Waals surface area contributed by atoms with Crippen molar-refractivity contribution in [2.45, 2.75) is 31.7 Å². The van der Waals surface area contributed by atoms with Crippen LogP contribution in [0.3, 0.4) is 0 Å². The number of anilines is 2. The van der Waals surface area contributed by atoms with Gasteiger partial charge in [-0.3, -0.25) is 10.4 Å². The van der Waals surface area contributed by atoms with Crippen LogP contribution in [-0.2, 0) is 6.54 Å². The van der Waals surface area contributed by atoms with E-state index in [1.807, 2.05) is 41.2 Å². The molecular formula is C18H20N6O. The van der Waals surface area contributed by atoms with E-state index < -0.39 is 0 Å². The summed E-state index contributed by atoms with van der Waals surface area (Å²) in [4.78, 5) is 16.2. The summed E-state index contributed by atoms with van der Waals surface area (Å²) in [6.45, 7) is 0.755. The van der Waals surface area contributed by atoms with Crippen molar-refractivity contribution in [2.24, 2.45) is 0 Å². The molecule has 25 heavy (non-hydrogen) atoms. The van der Waals surface area contributed by atoms with Crippen molar-refractivity contribution < 1.29 is 4.79 Å². The predicted molar refractivity (Wildman–Crippen MR) is 95.6 cm³/mol.